The quantitative estimate of drug-likeness (QED) is 0.660. The first-order valence-corrected chi connectivity index (χ1v) is 8.79. The van der Waals surface area contributed by atoms with Gasteiger partial charge in [-0.15, -0.1) is 0 Å². The van der Waals surface area contributed by atoms with Crippen LogP contribution in [0.25, 0.3) is 0 Å². The van der Waals surface area contributed by atoms with Crippen LogP contribution in [-0.2, 0) is 9.84 Å². The van der Waals surface area contributed by atoms with Crippen LogP contribution >= 0.6 is 0 Å². The molecule has 0 saturated carbocycles. The summed E-state index contributed by atoms with van der Waals surface area (Å²) in [4.78, 5) is 22.7. The van der Waals surface area contributed by atoms with Crippen LogP contribution in [0, 0.1) is 17.0 Å². The molecule has 0 aliphatic rings. The second-order valence-electron chi connectivity index (χ2n) is 5.11. The maximum Gasteiger partial charge on any atom is 0.272 e. The Balaban J connectivity index is 2.35. The highest BCUT2D eigenvalue weighted by Crippen LogP contribution is 2.24. The van der Waals surface area contributed by atoms with Gasteiger partial charge in [0, 0.05) is 17.2 Å². The molecule has 24 heavy (non-hydrogen) atoms. The van der Waals surface area contributed by atoms with Crippen LogP contribution in [0.3, 0.4) is 0 Å². The van der Waals surface area contributed by atoms with Crippen molar-refractivity contribution in [2.75, 3.05) is 11.1 Å². The second-order valence-corrected chi connectivity index (χ2v) is 7.36. The van der Waals surface area contributed by atoms with Gasteiger partial charge in [-0.05, 0) is 31.2 Å². The van der Waals surface area contributed by atoms with E-state index in [4.69, 9.17) is 0 Å². The molecule has 0 aliphatic heterocycles. The molecule has 7 nitrogen and oxygen atoms in total. The molecule has 8 heteroatoms. The first kappa shape index (κ1) is 17.6. The van der Waals surface area contributed by atoms with Crippen LogP contribution in [-0.4, -0.2) is 25.0 Å². The minimum Gasteiger partial charge on any atom is -0.321 e. The molecule has 0 spiro atoms. The first-order chi connectivity index (χ1) is 11.3. The third-order valence-electron chi connectivity index (χ3n) is 3.51. The average Bonchev–Trinajstić information content (AvgIpc) is 2.54. The summed E-state index contributed by atoms with van der Waals surface area (Å²) in [5.74, 6) is -0.622. The molecule has 0 saturated heterocycles. The molecule has 2 aromatic carbocycles. The maximum absolute atomic E-state index is 12.3. The summed E-state index contributed by atoms with van der Waals surface area (Å²) in [6.45, 7) is 3.05. The van der Waals surface area contributed by atoms with Crippen molar-refractivity contribution in [3.8, 4) is 0 Å². The lowest BCUT2D eigenvalue weighted by atomic mass is 10.1. The monoisotopic (exact) mass is 348 g/mol. The number of carbonyl (C=O) groups is 1. The molecule has 0 aromatic heterocycles. The van der Waals surface area contributed by atoms with E-state index in [-0.39, 0.29) is 27.6 Å². The summed E-state index contributed by atoms with van der Waals surface area (Å²) in [5.41, 5.74) is 0.657. The third-order valence-corrected chi connectivity index (χ3v) is 5.29. The van der Waals surface area contributed by atoms with Crippen molar-refractivity contribution in [1.82, 2.24) is 0 Å². The number of nitrogens with one attached hydrogen (secondary N) is 1. The number of sulfone groups is 1. The van der Waals surface area contributed by atoms with Crippen LogP contribution in [0.1, 0.15) is 22.8 Å². The minimum atomic E-state index is -3.49. The molecular weight excluding hydrogens is 332 g/mol. The van der Waals surface area contributed by atoms with E-state index in [1.807, 2.05) is 0 Å². The Bertz CT molecular complexity index is 906. The Labute approximate surface area is 139 Å². The lowest BCUT2D eigenvalue weighted by Crippen LogP contribution is -2.15. The van der Waals surface area contributed by atoms with Gasteiger partial charge >= 0.3 is 0 Å². The zero-order valence-electron chi connectivity index (χ0n) is 13.1. The number of nitrogens with zero attached hydrogens (tertiary/aromatic N) is 1. The molecule has 126 valence electrons. The molecule has 0 radical (unpaired) electrons. The van der Waals surface area contributed by atoms with E-state index < -0.39 is 20.7 Å². The number of nitro groups is 1. The van der Waals surface area contributed by atoms with E-state index >= 15 is 0 Å². The number of benzene rings is 2. The fourth-order valence-corrected chi connectivity index (χ4v) is 3.24. The van der Waals surface area contributed by atoms with Crippen LogP contribution in [0.2, 0.25) is 0 Å². The Morgan fingerprint density at radius 1 is 1.21 bits per heavy atom. The molecule has 1 amide bonds. The van der Waals surface area contributed by atoms with Crippen LogP contribution in [0.15, 0.2) is 47.4 Å². The van der Waals surface area contributed by atoms with E-state index in [9.17, 15) is 23.3 Å². The van der Waals surface area contributed by atoms with E-state index in [1.165, 1.54) is 44.2 Å². The number of hydrogen-bond donors (Lipinski definition) is 1. The molecular formula is C16H16N2O5S. The van der Waals surface area contributed by atoms with Crippen molar-refractivity contribution >= 4 is 27.1 Å². The summed E-state index contributed by atoms with van der Waals surface area (Å²) in [5, 5.41) is 13.4. The standard InChI is InChI=1S/C16H16N2O5S/c1-3-24(22,23)15-7-5-4-6-13(15)17-16(19)12-8-9-14(18(20)21)11(2)10-12/h4-10H,3H2,1-2H3,(H,17,19). The number of nitro benzene ring substituents is 1. The minimum absolute atomic E-state index is 0.0412. The Kier molecular flexibility index (Phi) is 4.99. The number of carbonyl (C=O) groups excluding carboxylic acids is 1. The molecule has 2 aromatic rings. The lowest BCUT2D eigenvalue weighted by Gasteiger charge is -2.11. The Morgan fingerprint density at radius 2 is 1.88 bits per heavy atom. The summed E-state index contributed by atoms with van der Waals surface area (Å²) in [7, 11) is -3.49. The molecule has 0 heterocycles. The number of anilines is 1. The first-order valence-electron chi connectivity index (χ1n) is 7.14. The van der Waals surface area contributed by atoms with Gasteiger partial charge in [0.2, 0.25) is 0 Å². The smallest absolute Gasteiger partial charge is 0.272 e. The molecule has 0 unspecified atom stereocenters. The number of rotatable bonds is 5. The molecule has 1 N–H and O–H groups in total. The van der Waals surface area contributed by atoms with E-state index in [0.29, 0.717) is 5.56 Å². The van der Waals surface area contributed by atoms with Crippen LogP contribution in [0.4, 0.5) is 11.4 Å². The van der Waals surface area contributed by atoms with Gasteiger partial charge in [0.05, 0.1) is 21.3 Å². The van der Waals surface area contributed by atoms with E-state index in [0.717, 1.165) is 0 Å². The predicted molar refractivity (Wildman–Crippen MR) is 90.0 cm³/mol. The van der Waals surface area contributed by atoms with Crippen molar-refractivity contribution < 1.29 is 18.1 Å². The van der Waals surface area contributed by atoms with Crippen molar-refractivity contribution in [3.05, 3.63) is 63.7 Å². The second kappa shape index (κ2) is 6.79. The summed E-state index contributed by atoms with van der Waals surface area (Å²) < 4.78 is 24.2. The van der Waals surface area contributed by atoms with Gasteiger partial charge in [-0.2, -0.15) is 0 Å². The van der Waals surface area contributed by atoms with E-state index in [2.05, 4.69) is 5.32 Å². The summed E-state index contributed by atoms with van der Waals surface area (Å²) >= 11 is 0. The molecule has 0 fully saturated rings. The number of amides is 1. The van der Waals surface area contributed by atoms with Gasteiger partial charge in [-0.1, -0.05) is 19.1 Å². The highest BCUT2D eigenvalue weighted by atomic mass is 32.2. The van der Waals surface area contributed by atoms with Crippen molar-refractivity contribution in [2.45, 2.75) is 18.7 Å². The topological polar surface area (TPSA) is 106 Å². The fraction of sp³-hybridized carbons (Fsp3) is 0.188. The fourth-order valence-electron chi connectivity index (χ4n) is 2.19. The summed E-state index contributed by atoms with van der Waals surface area (Å²) in [6, 6.07) is 10.1. The van der Waals surface area contributed by atoms with Gasteiger partial charge < -0.3 is 5.32 Å². The van der Waals surface area contributed by atoms with Crippen molar-refractivity contribution in [2.24, 2.45) is 0 Å². The zero-order chi connectivity index (χ0) is 17.9. The normalized spacial score (nSPS) is 11.1. The van der Waals surface area contributed by atoms with Crippen LogP contribution in [0.5, 0.6) is 0 Å². The molecule has 0 aliphatic carbocycles. The van der Waals surface area contributed by atoms with Gasteiger partial charge in [0.15, 0.2) is 9.84 Å². The van der Waals surface area contributed by atoms with E-state index in [1.54, 1.807) is 12.1 Å². The molecule has 0 atom stereocenters. The van der Waals surface area contributed by atoms with Crippen LogP contribution < -0.4 is 5.32 Å². The van der Waals surface area contributed by atoms with Crippen molar-refractivity contribution in [1.29, 1.82) is 0 Å². The molecule has 2 rings (SSSR count). The Morgan fingerprint density at radius 3 is 2.46 bits per heavy atom. The van der Waals surface area contributed by atoms with Crippen molar-refractivity contribution in [3.63, 3.8) is 0 Å². The third kappa shape index (κ3) is 3.60. The highest BCUT2D eigenvalue weighted by Gasteiger charge is 2.19. The maximum atomic E-state index is 12.3. The zero-order valence-corrected chi connectivity index (χ0v) is 14.0. The molecule has 0 bridgehead atoms. The Hall–Kier alpha value is -2.74. The van der Waals surface area contributed by atoms with Gasteiger partial charge in [-0.3, -0.25) is 14.9 Å². The van der Waals surface area contributed by atoms with Gasteiger partial charge in [-0.25, -0.2) is 8.42 Å². The van der Waals surface area contributed by atoms with Gasteiger partial charge in [0.25, 0.3) is 11.6 Å². The SMILES string of the molecule is CCS(=O)(=O)c1ccccc1NC(=O)c1ccc([N+](=O)[O-])c(C)c1. The number of para-hydroxylation sites is 1. The highest BCUT2D eigenvalue weighted by molar-refractivity contribution is 7.91. The average molecular weight is 348 g/mol. The predicted octanol–water partition coefficient (Wildman–Crippen LogP) is 2.95. The largest absolute Gasteiger partial charge is 0.321 e. The summed E-state index contributed by atoms with van der Waals surface area (Å²) in [6.07, 6.45) is 0. The number of aryl methyl sites for hydroxylation is 1. The van der Waals surface area contributed by atoms with Gasteiger partial charge in [0.1, 0.15) is 0 Å². The lowest BCUT2D eigenvalue weighted by molar-refractivity contribution is -0.385. The number of hydrogen-bond acceptors (Lipinski definition) is 5.